The smallest absolute Gasteiger partial charge is 0.326 e. The van der Waals surface area contributed by atoms with E-state index in [4.69, 9.17) is 5.14 Å². The summed E-state index contributed by atoms with van der Waals surface area (Å²) in [5, 5.41) is 16.8. The highest BCUT2D eigenvalue weighted by molar-refractivity contribution is 7.89. The van der Waals surface area contributed by atoms with E-state index in [2.05, 4.69) is 5.32 Å². The van der Waals surface area contributed by atoms with E-state index in [9.17, 15) is 27.9 Å². The fourth-order valence-electron chi connectivity index (χ4n) is 2.92. The minimum atomic E-state index is -3.92. The molecule has 148 valence electrons. The molecule has 0 bridgehead atoms. The molecular weight excluding hydrogens is 374 g/mol. The van der Waals surface area contributed by atoms with Gasteiger partial charge in [0.25, 0.3) is 0 Å². The van der Waals surface area contributed by atoms with E-state index in [1.807, 2.05) is 6.92 Å². The van der Waals surface area contributed by atoms with E-state index in [1.54, 1.807) is 6.07 Å². The van der Waals surface area contributed by atoms with Gasteiger partial charge in [0.2, 0.25) is 21.8 Å². The molecule has 0 aliphatic carbocycles. The minimum absolute atomic E-state index is 0.0405. The molecule has 1 fully saturated rings. The average Bonchev–Trinajstić information content (AvgIpc) is 2.99. The number of anilines is 1. The lowest BCUT2D eigenvalue weighted by atomic mass is 10.1. The van der Waals surface area contributed by atoms with E-state index in [0.717, 1.165) is 6.42 Å². The molecule has 4 N–H and O–H groups in total. The number of rotatable bonds is 8. The normalized spacial score (nSPS) is 18.4. The zero-order valence-corrected chi connectivity index (χ0v) is 15.7. The molecule has 1 heterocycles. The van der Waals surface area contributed by atoms with Gasteiger partial charge >= 0.3 is 5.97 Å². The SMILES string of the molecule is CCCC[C@H](NC(=O)C1CC(=O)N(c2cccc(S(N)(=O)=O)c2)C1)C(=O)O. The second kappa shape index (κ2) is 8.49. The highest BCUT2D eigenvalue weighted by atomic mass is 32.2. The van der Waals surface area contributed by atoms with Crippen molar-refractivity contribution in [1.82, 2.24) is 5.32 Å². The Bertz CT molecular complexity index is 839. The van der Waals surface area contributed by atoms with E-state index in [-0.39, 0.29) is 23.8 Å². The van der Waals surface area contributed by atoms with E-state index < -0.39 is 33.9 Å². The summed E-state index contributed by atoms with van der Waals surface area (Å²) in [6.07, 6.45) is 1.70. The number of carbonyl (C=O) groups is 3. The number of hydrogen-bond acceptors (Lipinski definition) is 5. The molecule has 27 heavy (non-hydrogen) atoms. The third-order valence-electron chi connectivity index (χ3n) is 4.41. The van der Waals surface area contributed by atoms with Gasteiger partial charge in [-0.2, -0.15) is 0 Å². The number of primary sulfonamides is 1. The van der Waals surface area contributed by atoms with Gasteiger partial charge in [0.1, 0.15) is 6.04 Å². The van der Waals surface area contributed by atoms with Gasteiger partial charge in [-0.1, -0.05) is 25.8 Å². The van der Waals surface area contributed by atoms with Crippen molar-refractivity contribution in [2.45, 2.75) is 43.5 Å². The summed E-state index contributed by atoms with van der Waals surface area (Å²) in [4.78, 5) is 37.1. The lowest BCUT2D eigenvalue weighted by molar-refractivity contribution is -0.142. The largest absolute Gasteiger partial charge is 0.480 e. The van der Waals surface area contributed by atoms with Gasteiger partial charge < -0.3 is 15.3 Å². The number of carboxylic acids is 1. The van der Waals surface area contributed by atoms with Crippen molar-refractivity contribution in [3.05, 3.63) is 24.3 Å². The maximum Gasteiger partial charge on any atom is 0.326 e. The highest BCUT2D eigenvalue weighted by Crippen LogP contribution is 2.27. The molecule has 0 radical (unpaired) electrons. The number of carbonyl (C=O) groups excluding carboxylic acids is 2. The Morgan fingerprint density at radius 3 is 2.70 bits per heavy atom. The van der Waals surface area contributed by atoms with Gasteiger partial charge in [0.05, 0.1) is 10.8 Å². The molecule has 0 spiro atoms. The summed E-state index contributed by atoms with van der Waals surface area (Å²) in [6, 6.07) is 4.60. The number of unbranched alkanes of at least 4 members (excludes halogenated alkanes) is 1. The molecule has 1 aliphatic rings. The van der Waals surface area contributed by atoms with Crippen molar-refractivity contribution in [2.75, 3.05) is 11.4 Å². The van der Waals surface area contributed by atoms with Gasteiger partial charge in [0, 0.05) is 18.7 Å². The van der Waals surface area contributed by atoms with Crippen LogP contribution in [0.25, 0.3) is 0 Å². The van der Waals surface area contributed by atoms with E-state index in [1.165, 1.54) is 23.1 Å². The van der Waals surface area contributed by atoms with E-state index in [0.29, 0.717) is 18.5 Å². The standard InChI is InChI=1S/C17H23N3O6S/c1-2-3-7-14(17(23)24)19-16(22)11-8-15(21)20(10-11)12-5-4-6-13(9-12)27(18,25)26/h4-6,9,11,14H,2-3,7-8,10H2,1H3,(H,19,22)(H,23,24)(H2,18,25,26)/t11?,14-/m0/s1. The van der Waals surface area contributed by atoms with Gasteiger partial charge in [-0.05, 0) is 24.6 Å². The zero-order valence-electron chi connectivity index (χ0n) is 14.9. The molecular formula is C17H23N3O6S. The number of benzene rings is 1. The Morgan fingerprint density at radius 1 is 1.41 bits per heavy atom. The first-order valence-corrected chi connectivity index (χ1v) is 10.1. The summed E-state index contributed by atoms with van der Waals surface area (Å²) < 4.78 is 23.0. The van der Waals surface area contributed by atoms with Crippen LogP contribution in [0.2, 0.25) is 0 Å². The molecule has 9 nitrogen and oxygen atoms in total. The number of hydrogen-bond donors (Lipinski definition) is 3. The van der Waals surface area contributed by atoms with Crippen LogP contribution in [0.4, 0.5) is 5.69 Å². The first kappa shape index (κ1) is 20.8. The van der Waals surface area contributed by atoms with Crippen molar-refractivity contribution in [1.29, 1.82) is 0 Å². The number of nitrogens with one attached hydrogen (secondary N) is 1. The van der Waals surface area contributed by atoms with Gasteiger partial charge in [-0.15, -0.1) is 0 Å². The summed E-state index contributed by atoms with van der Waals surface area (Å²) >= 11 is 0. The average molecular weight is 397 g/mol. The van der Waals surface area contributed by atoms with Gasteiger partial charge in [-0.3, -0.25) is 9.59 Å². The topological polar surface area (TPSA) is 147 Å². The Morgan fingerprint density at radius 2 is 2.11 bits per heavy atom. The maximum atomic E-state index is 12.4. The van der Waals surface area contributed by atoms with Crippen LogP contribution in [0.5, 0.6) is 0 Å². The second-order valence-electron chi connectivity index (χ2n) is 6.49. The molecule has 10 heteroatoms. The molecule has 2 amide bonds. The number of carboxylic acid groups (broad SMARTS) is 1. The molecule has 0 saturated carbocycles. The number of nitrogens with two attached hydrogens (primary N) is 1. The Hall–Kier alpha value is -2.46. The monoisotopic (exact) mass is 397 g/mol. The third kappa shape index (κ3) is 5.27. The van der Waals surface area contributed by atoms with Crippen molar-refractivity contribution >= 4 is 33.5 Å². The van der Waals surface area contributed by atoms with Gasteiger partial charge in [0.15, 0.2) is 0 Å². The highest BCUT2D eigenvalue weighted by Gasteiger charge is 2.36. The first-order valence-electron chi connectivity index (χ1n) is 8.60. The molecule has 1 aliphatic heterocycles. The van der Waals surface area contributed by atoms with Crippen LogP contribution in [0, 0.1) is 5.92 Å². The summed E-state index contributed by atoms with van der Waals surface area (Å²) in [5.41, 5.74) is 0.322. The van der Waals surface area contributed by atoms with Crippen LogP contribution in [0.1, 0.15) is 32.6 Å². The van der Waals surface area contributed by atoms with Crippen molar-refractivity contribution in [2.24, 2.45) is 11.1 Å². The molecule has 1 aromatic carbocycles. The fourth-order valence-corrected chi connectivity index (χ4v) is 3.47. The molecule has 2 rings (SSSR count). The van der Waals surface area contributed by atoms with Crippen LogP contribution < -0.4 is 15.4 Å². The van der Waals surface area contributed by atoms with Crippen molar-refractivity contribution in [3.8, 4) is 0 Å². The van der Waals surface area contributed by atoms with Crippen LogP contribution in [0.3, 0.4) is 0 Å². The quantitative estimate of drug-likeness (QED) is 0.580. The van der Waals surface area contributed by atoms with Crippen LogP contribution >= 0.6 is 0 Å². The molecule has 1 aromatic rings. The van der Waals surface area contributed by atoms with Crippen LogP contribution in [-0.4, -0.2) is 43.9 Å². The number of sulfonamides is 1. The van der Waals surface area contributed by atoms with Crippen LogP contribution in [-0.2, 0) is 24.4 Å². The molecule has 2 atom stereocenters. The molecule has 1 unspecified atom stereocenters. The minimum Gasteiger partial charge on any atom is -0.480 e. The predicted molar refractivity (Wildman–Crippen MR) is 97.4 cm³/mol. The Labute approximate surface area is 157 Å². The summed E-state index contributed by atoms with van der Waals surface area (Å²) in [5.74, 6) is -2.67. The van der Waals surface area contributed by atoms with Gasteiger partial charge in [-0.25, -0.2) is 18.4 Å². The fraction of sp³-hybridized carbons (Fsp3) is 0.471. The van der Waals surface area contributed by atoms with E-state index >= 15 is 0 Å². The Balaban J connectivity index is 2.10. The third-order valence-corrected chi connectivity index (χ3v) is 5.33. The predicted octanol–water partition coefficient (Wildman–Crippen LogP) is 0.447. The number of nitrogens with zero attached hydrogens (tertiary/aromatic N) is 1. The second-order valence-corrected chi connectivity index (χ2v) is 8.05. The van der Waals surface area contributed by atoms with Crippen molar-refractivity contribution < 1.29 is 27.9 Å². The number of aliphatic carboxylic acids is 1. The summed E-state index contributed by atoms with van der Waals surface area (Å²) in [7, 11) is -3.92. The zero-order chi connectivity index (χ0) is 20.2. The van der Waals surface area contributed by atoms with Crippen LogP contribution in [0.15, 0.2) is 29.2 Å². The van der Waals surface area contributed by atoms with Crippen molar-refractivity contribution in [3.63, 3.8) is 0 Å². The molecule has 0 aromatic heterocycles. The number of amides is 2. The first-order chi connectivity index (χ1) is 12.6. The summed E-state index contributed by atoms with van der Waals surface area (Å²) in [6.45, 7) is 1.96. The lowest BCUT2D eigenvalue weighted by Crippen LogP contribution is -2.44. The molecule has 1 saturated heterocycles. The Kier molecular flexibility index (Phi) is 6.55. The lowest BCUT2D eigenvalue weighted by Gasteiger charge is -2.19. The maximum absolute atomic E-state index is 12.4.